The number of rotatable bonds is 6. The first-order chi connectivity index (χ1) is 14.5. The van der Waals surface area contributed by atoms with Crippen LogP contribution >= 0.6 is 23.2 Å². The van der Waals surface area contributed by atoms with Crippen molar-refractivity contribution in [1.82, 2.24) is 4.57 Å². The number of aromatic nitrogens is 1. The number of carboxylic acid groups (broad SMARTS) is 1. The van der Waals surface area contributed by atoms with Crippen LogP contribution in [-0.2, 0) is 6.54 Å². The number of fused-ring (bicyclic) bond motifs is 1. The number of hydrazone groups is 1. The van der Waals surface area contributed by atoms with Gasteiger partial charge in [-0.3, -0.25) is 5.43 Å². The predicted octanol–water partition coefficient (Wildman–Crippen LogP) is 6.14. The lowest BCUT2D eigenvalue weighted by molar-refractivity contribution is 0.0697. The third-order valence-corrected chi connectivity index (χ3v) is 5.29. The summed E-state index contributed by atoms with van der Waals surface area (Å²) in [6.45, 7) is 0.606. The standard InChI is InChI=1S/C23H17Cl2N3O2/c24-18-8-5-16(21(25)11-18)13-28-14-17(20-3-1-2-4-22(20)28)12-26-27-19-9-6-15(7-10-19)23(29)30/h1-12,14,27H,13H2,(H,29,30)/b26-12-. The van der Waals surface area contributed by atoms with Gasteiger partial charge in [0.15, 0.2) is 0 Å². The number of nitrogens with one attached hydrogen (secondary N) is 1. The monoisotopic (exact) mass is 437 g/mol. The van der Waals surface area contributed by atoms with Crippen LogP contribution in [0.5, 0.6) is 0 Å². The van der Waals surface area contributed by atoms with Crippen LogP contribution in [0.25, 0.3) is 10.9 Å². The van der Waals surface area contributed by atoms with Crippen LogP contribution in [0.2, 0.25) is 10.0 Å². The van der Waals surface area contributed by atoms with Crippen LogP contribution in [0.15, 0.2) is 78.0 Å². The Bertz CT molecular complexity index is 1250. The maximum Gasteiger partial charge on any atom is 0.335 e. The van der Waals surface area contributed by atoms with Crippen molar-refractivity contribution in [2.24, 2.45) is 5.10 Å². The minimum Gasteiger partial charge on any atom is -0.478 e. The Morgan fingerprint density at radius 1 is 1.07 bits per heavy atom. The number of aromatic carboxylic acids is 1. The second-order valence-corrected chi connectivity index (χ2v) is 7.56. The smallest absolute Gasteiger partial charge is 0.335 e. The molecule has 0 spiro atoms. The van der Waals surface area contributed by atoms with Gasteiger partial charge < -0.3 is 9.67 Å². The molecule has 0 radical (unpaired) electrons. The predicted molar refractivity (Wildman–Crippen MR) is 122 cm³/mol. The van der Waals surface area contributed by atoms with Crippen molar-refractivity contribution in [2.45, 2.75) is 6.54 Å². The van der Waals surface area contributed by atoms with E-state index in [2.05, 4.69) is 21.2 Å². The number of hydrogen-bond donors (Lipinski definition) is 2. The fourth-order valence-electron chi connectivity index (χ4n) is 3.21. The second-order valence-electron chi connectivity index (χ2n) is 6.72. The number of carbonyl (C=O) groups is 1. The summed E-state index contributed by atoms with van der Waals surface area (Å²) in [6.07, 6.45) is 3.77. The molecule has 2 N–H and O–H groups in total. The van der Waals surface area contributed by atoms with E-state index in [1.54, 1.807) is 24.4 Å². The largest absolute Gasteiger partial charge is 0.478 e. The van der Waals surface area contributed by atoms with Crippen LogP contribution in [0.1, 0.15) is 21.5 Å². The topological polar surface area (TPSA) is 66.6 Å². The highest BCUT2D eigenvalue weighted by atomic mass is 35.5. The third kappa shape index (κ3) is 4.32. The van der Waals surface area contributed by atoms with Gasteiger partial charge in [0.2, 0.25) is 0 Å². The normalized spacial score (nSPS) is 11.3. The van der Waals surface area contributed by atoms with Crippen molar-refractivity contribution in [1.29, 1.82) is 0 Å². The number of hydrogen-bond acceptors (Lipinski definition) is 3. The van der Waals surface area contributed by atoms with Crippen molar-refractivity contribution in [3.8, 4) is 0 Å². The molecule has 7 heteroatoms. The Hall–Kier alpha value is -3.28. The highest BCUT2D eigenvalue weighted by Crippen LogP contribution is 2.25. The summed E-state index contributed by atoms with van der Waals surface area (Å²) in [5.41, 5.74) is 6.85. The summed E-state index contributed by atoms with van der Waals surface area (Å²) in [7, 11) is 0. The molecule has 150 valence electrons. The van der Waals surface area contributed by atoms with Gasteiger partial charge in [0.1, 0.15) is 0 Å². The van der Waals surface area contributed by atoms with Crippen LogP contribution in [-0.4, -0.2) is 21.9 Å². The van der Waals surface area contributed by atoms with Crippen LogP contribution in [0.3, 0.4) is 0 Å². The quantitative estimate of drug-likeness (QED) is 0.281. The lowest BCUT2D eigenvalue weighted by Gasteiger charge is -2.08. The molecule has 0 saturated heterocycles. The number of benzene rings is 3. The number of anilines is 1. The Kier molecular flexibility index (Phi) is 5.74. The zero-order valence-electron chi connectivity index (χ0n) is 15.7. The number of para-hydroxylation sites is 1. The van der Waals surface area contributed by atoms with Gasteiger partial charge in [0.05, 0.1) is 17.5 Å². The zero-order chi connectivity index (χ0) is 21.1. The fraction of sp³-hybridized carbons (Fsp3) is 0.0435. The van der Waals surface area contributed by atoms with Gasteiger partial charge >= 0.3 is 5.97 Å². The number of nitrogens with zero attached hydrogens (tertiary/aromatic N) is 2. The van der Waals surface area contributed by atoms with E-state index in [-0.39, 0.29) is 5.56 Å². The lowest BCUT2D eigenvalue weighted by atomic mass is 10.2. The molecule has 0 saturated carbocycles. The summed E-state index contributed by atoms with van der Waals surface area (Å²) < 4.78 is 2.12. The molecule has 0 aliphatic carbocycles. The highest BCUT2D eigenvalue weighted by Gasteiger charge is 2.09. The van der Waals surface area contributed by atoms with Crippen LogP contribution in [0.4, 0.5) is 5.69 Å². The van der Waals surface area contributed by atoms with Crippen molar-refractivity contribution in [3.05, 3.63) is 99.7 Å². The molecule has 0 unspecified atom stereocenters. The first-order valence-corrected chi connectivity index (χ1v) is 9.91. The van der Waals surface area contributed by atoms with Gasteiger partial charge in [-0.05, 0) is 48.0 Å². The number of carboxylic acids is 1. The summed E-state index contributed by atoms with van der Waals surface area (Å²) >= 11 is 12.4. The Morgan fingerprint density at radius 2 is 1.83 bits per heavy atom. The van der Waals surface area contributed by atoms with Crippen LogP contribution < -0.4 is 5.43 Å². The van der Waals surface area contributed by atoms with Crippen molar-refractivity contribution >= 4 is 52.0 Å². The Labute approximate surface area is 183 Å². The minimum atomic E-state index is -0.960. The summed E-state index contributed by atoms with van der Waals surface area (Å²) in [5.74, 6) is -0.960. The SMILES string of the molecule is O=C(O)c1ccc(N/N=C\c2cn(Cc3ccc(Cl)cc3Cl)c3ccccc23)cc1. The molecule has 3 aromatic carbocycles. The molecule has 5 nitrogen and oxygen atoms in total. The van der Waals surface area contributed by atoms with Gasteiger partial charge in [-0.25, -0.2) is 4.79 Å². The van der Waals surface area contributed by atoms with Crippen molar-refractivity contribution in [3.63, 3.8) is 0 Å². The van der Waals surface area contributed by atoms with Gasteiger partial charge in [-0.1, -0.05) is 47.5 Å². The van der Waals surface area contributed by atoms with Crippen LogP contribution in [0, 0.1) is 0 Å². The average molecular weight is 438 g/mol. The van der Waals surface area contributed by atoms with Gasteiger partial charge in [-0.15, -0.1) is 0 Å². The molecule has 0 fully saturated rings. The molecule has 0 bridgehead atoms. The molecule has 4 aromatic rings. The molecule has 30 heavy (non-hydrogen) atoms. The Balaban J connectivity index is 1.58. The fourth-order valence-corrected chi connectivity index (χ4v) is 3.67. The zero-order valence-corrected chi connectivity index (χ0v) is 17.2. The van der Waals surface area contributed by atoms with E-state index in [4.69, 9.17) is 28.3 Å². The molecule has 1 heterocycles. The van der Waals surface area contributed by atoms with E-state index >= 15 is 0 Å². The van der Waals surface area contributed by atoms with Crippen molar-refractivity contribution < 1.29 is 9.90 Å². The maximum atomic E-state index is 10.9. The molecule has 4 rings (SSSR count). The first-order valence-electron chi connectivity index (χ1n) is 9.15. The van der Waals surface area contributed by atoms with Crippen molar-refractivity contribution in [2.75, 3.05) is 5.43 Å². The van der Waals surface area contributed by atoms with E-state index in [0.717, 1.165) is 22.0 Å². The van der Waals surface area contributed by atoms with Gasteiger partial charge in [-0.2, -0.15) is 5.10 Å². The van der Waals surface area contributed by atoms with E-state index in [9.17, 15) is 4.79 Å². The van der Waals surface area contributed by atoms with Gasteiger partial charge in [0.25, 0.3) is 0 Å². The molecule has 0 aliphatic heterocycles. The Morgan fingerprint density at radius 3 is 2.57 bits per heavy atom. The lowest BCUT2D eigenvalue weighted by Crippen LogP contribution is -1.98. The number of halogens is 2. The average Bonchev–Trinajstić information content (AvgIpc) is 3.08. The first kappa shape index (κ1) is 20.0. The van der Waals surface area contributed by atoms with Gasteiger partial charge in [0, 0.05) is 39.3 Å². The minimum absolute atomic E-state index is 0.230. The second kappa shape index (κ2) is 8.61. The summed E-state index contributed by atoms with van der Waals surface area (Å²) in [6, 6.07) is 20.0. The molecule has 0 amide bonds. The van der Waals surface area contributed by atoms with E-state index in [1.807, 2.05) is 36.5 Å². The molecular formula is C23H17Cl2N3O2. The van der Waals surface area contributed by atoms with E-state index < -0.39 is 5.97 Å². The maximum absolute atomic E-state index is 10.9. The summed E-state index contributed by atoms with van der Waals surface area (Å²) in [5, 5.41) is 15.6. The highest BCUT2D eigenvalue weighted by molar-refractivity contribution is 6.35. The van der Waals surface area contributed by atoms with E-state index in [1.165, 1.54) is 12.1 Å². The molecule has 1 aromatic heterocycles. The van der Waals surface area contributed by atoms with E-state index in [0.29, 0.717) is 22.3 Å². The summed E-state index contributed by atoms with van der Waals surface area (Å²) in [4.78, 5) is 10.9. The molecule has 0 aliphatic rings. The third-order valence-electron chi connectivity index (χ3n) is 4.70. The molecular weight excluding hydrogens is 421 g/mol. The molecule has 0 atom stereocenters.